The Labute approximate surface area is 133 Å². The van der Waals surface area contributed by atoms with Crippen LogP contribution in [0.25, 0.3) is 11.0 Å². The maximum absolute atomic E-state index is 11.8. The van der Waals surface area contributed by atoms with Crippen LogP contribution in [0, 0.1) is 6.92 Å². The molecule has 8 heteroatoms. The van der Waals surface area contributed by atoms with Crippen molar-refractivity contribution in [3.63, 3.8) is 0 Å². The lowest BCUT2D eigenvalue weighted by Gasteiger charge is -2.10. The summed E-state index contributed by atoms with van der Waals surface area (Å²) in [6.07, 6.45) is 2.53. The van der Waals surface area contributed by atoms with Crippen LogP contribution in [0.5, 0.6) is 0 Å². The smallest absolute Gasteiger partial charge is 0.336 e. The van der Waals surface area contributed by atoms with Gasteiger partial charge in [0.25, 0.3) is 0 Å². The van der Waals surface area contributed by atoms with Crippen LogP contribution in [-0.2, 0) is 9.84 Å². The van der Waals surface area contributed by atoms with Gasteiger partial charge in [0, 0.05) is 11.6 Å². The van der Waals surface area contributed by atoms with Crippen LogP contribution in [0.4, 0.5) is 0 Å². The third-order valence-corrected chi connectivity index (χ3v) is 6.39. The zero-order chi connectivity index (χ0) is 16.4. The predicted molar refractivity (Wildman–Crippen MR) is 83.5 cm³/mol. The largest absolute Gasteiger partial charge is 0.478 e. The average Bonchev–Trinajstić information content (AvgIpc) is 3.20. The highest BCUT2D eigenvalue weighted by Crippen LogP contribution is 2.41. The van der Waals surface area contributed by atoms with Gasteiger partial charge >= 0.3 is 5.97 Å². The van der Waals surface area contributed by atoms with Gasteiger partial charge in [0.2, 0.25) is 0 Å². The van der Waals surface area contributed by atoms with Gasteiger partial charge in [-0.2, -0.15) is 5.10 Å². The Morgan fingerprint density at radius 3 is 2.65 bits per heavy atom. The lowest BCUT2D eigenvalue weighted by molar-refractivity contribution is 0.0698. The molecule has 2 fully saturated rings. The summed E-state index contributed by atoms with van der Waals surface area (Å²) in [7, 11) is -3.05. The van der Waals surface area contributed by atoms with Gasteiger partial charge in [0.15, 0.2) is 15.5 Å². The Kier molecular flexibility index (Phi) is 3.03. The highest BCUT2D eigenvalue weighted by molar-refractivity contribution is 7.91. The Balaban J connectivity index is 1.94. The van der Waals surface area contributed by atoms with Crippen LogP contribution in [-0.4, -0.2) is 45.8 Å². The van der Waals surface area contributed by atoms with Crippen LogP contribution in [0.1, 0.15) is 53.0 Å². The number of hydrogen-bond donors (Lipinski definition) is 1. The van der Waals surface area contributed by atoms with E-state index < -0.39 is 15.8 Å². The number of nitrogens with zero attached hydrogens (tertiary/aromatic N) is 3. The molecular weight excluding hydrogens is 318 g/mol. The molecule has 3 heterocycles. The van der Waals surface area contributed by atoms with Crippen molar-refractivity contribution in [3.05, 3.63) is 23.0 Å². The van der Waals surface area contributed by atoms with Gasteiger partial charge in [0.05, 0.1) is 34.2 Å². The van der Waals surface area contributed by atoms with E-state index in [4.69, 9.17) is 0 Å². The van der Waals surface area contributed by atoms with Gasteiger partial charge in [-0.05, 0) is 32.3 Å². The van der Waals surface area contributed by atoms with Gasteiger partial charge in [-0.25, -0.2) is 22.9 Å². The molecule has 0 amide bonds. The van der Waals surface area contributed by atoms with E-state index in [-0.39, 0.29) is 23.1 Å². The van der Waals surface area contributed by atoms with E-state index in [0.29, 0.717) is 29.1 Å². The van der Waals surface area contributed by atoms with Crippen molar-refractivity contribution in [2.24, 2.45) is 0 Å². The monoisotopic (exact) mass is 335 g/mol. The number of aromatic carboxylic acids is 1. The zero-order valence-corrected chi connectivity index (χ0v) is 13.5. The van der Waals surface area contributed by atoms with E-state index in [1.54, 1.807) is 17.7 Å². The SMILES string of the molecule is Cc1nn([C@@H]2CCS(=O)(=O)C2)c2nc(C3CC3)cc(C(=O)O)c12. The van der Waals surface area contributed by atoms with E-state index in [1.165, 1.54) is 0 Å². The molecule has 0 aromatic carbocycles. The fourth-order valence-electron chi connectivity index (χ4n) is 3.31. The standard InChI is InChI=1S/C15H17N3O4S/c1-8-13-11(15(19)20)6-12(9-2-3-9)16-14(13)18(17-8)10-4-5-23(21,22)7-10/h6,9-10H,2-5,7H2,1H3,(H,19,20)/t10-/m1/s1. The molecule has 1 aliphatic carbocycles. The van der Waals surface area contributed by atoms with E-state index >= 15 is 0 Å². The highest BCUT2D eigenvalue weighted by Gasteiger charge is 2.33. The molecule has 7 nitrogen and oxygen atoms in total. The topological polar surface area (TPSA) is 102 Å². The van der Waals surface area contributed by atoms with Gasteiger partial charge < -0.3 is 5.11 Å². The Bertz CT molecular complexity index is 928. The summed E-state index contributed by atoms with van der Waals surface area (Å²) in [6.45, 7) is 1.74. The number of hydrogen-bond acceptors (Lipinski definition) is 5. The molecule has 23 heavy (non-hydrogen) atoms. The van der Waals surface area contributed by atoms with Crippen LogP contribution in [0.15, 0.2) is 6.07 Å². The first-order chi connectivity index (χ1) is 10.9. The molecular formula is C15H17N3O4S. The number of carboxylic acid groups (broad SMARTS) is 1. The molecule has 4 rings (SSSR count). The van der Waals surface area contributed by atoms with Gasteiger partial charge in [-0.1, -0.05) is 0 Å². The van der Waals surface area contributed by atoms with Crippen molar-refractivity contribution < 1.29 is 18.3 Å². The van der Waals surface area contributed by atoms with E-state index in [2.05, 4.69) is 10.1 Å². The molecule has 1 atom stereocenters. The quantitative estimate of drug-likeness (QED) is 0.915. The molecule has 2 aliphatic rings. The zero-order valence-electron chi connectivity index (χ0n) is 12.7. The van der Waals surface area contributed by atoms with Crippen molar-refractivity contribution >= 4 is 26.8 Å². The molecule has 122 valence electrons. The number of pyridine rings is 1. The first-order valence-electron chi connectivity index (χ1n) is 7.69. The molecule has 2 aromatic rings. The number of aryl methyl sites for hydroxylation is 1. The number of aromatic nitrogens is 3. The Morgan fingerprint density at radius 1 is 1.35 bits per heavy atom. The van der Waals surface area contributed by atoms with Gasteiger partial charge in [-0.3, -0.25) is 0 Å². The van der Waals surface area contributed by atoms with E-state index in [0.717, 1.165) is 18.5 Å². The van der Waals surface area contributed by atoms with Crippen LogP contribution in [0.3, 0.4) is 0 Å². The van der Waals surface area contributed by atoms with Crippen molar-refractivity contribution in [3.8, 4) is 0 Å². The van der Waals surface area contributed by atoms with Gasteiger partial charge in [-0.15, -0.1) is 0 Å². The maximum atomic E-state index is 11.8. The van der Waals surface area contributed by atoms with Gasteiger partial charge in [0.1, 0.15) is 0 Å². The van der Waals surface area contributed by atoms with Crippen LogP contribution < -0.4 is 0 Å². The first-order valence-corrected chi connectivity index (χ1v) is 9.51. The first kappa shape index (κ1) is 14.6. The van der Waals surface area contributed by atoms with Crippen molar-refractivity contribution in [1.82, 2.24) is 14.8 Å². The number of carboxylic acids is 1. The molecule has 0 bridgehead atoms. The van der Waals surface area contributed by atoms with E-state index in [1.807, 2.05) is 0 Å². The summed E-state index contributed by atoms with van der Waals surface area (Å²) in [5.74, 6) is -0.498. The Morgan fingerprint density at radius 2 is 2.09 bits per heavy atom. The number of carbonyl (C=O) groups is 1. The molecule has 0 spiro atoms. The van der Waals surface area contributed by atoms with Crippen molar-refractivity contribution in [2.75, 3.05) is 11.5 Å². The molecule has 1 saturated carbocycles. The molecule has 1 saturated heterocycles. The second kappa shape index (κ2) is 4.77. The third-order valence-electron chi connectivity index (χ3n) is 4.64. The Hall–Kier alpha value is -1.96. The molecule has 1 aliphatic heterocycles. The minimum Gasteiger partial charge on any atom is -0.478 e. The van der Waals surface area contributed by atoms with Crippen molar-refractivity contribution in [2.45, 2.75) is 38.1 Å². The molecule has 0 radical (unpaired) electrons. The fourth-order valence-corrected chi connectivity index (χ4v) is 5.00. The molecule has 1 N–H and O–H groups in total. The normalized spacial score (nSPS) is 23.4. The van der Waals surface area contributed by atoms with Crippen LogP contribution in [0.2, 0.25) is 0 Å². The van der Waals surface area contributed by atoms with Crippen LogP contribution >= 0.6 is 0 Å². The third kappa shape index (κ3) is 2.41. The lowest BCUT2D eigenvalue weighted by Crippen LogP contribution is -2.13. The average molecular weight is 335 g/mol. The summed E-state index contributed by atoms with van der Waals surface area (Å²) >= 11 is 0. The minimum absolute atomic E-state index is 0.0426. The number of sulfone groups is 1. The van der Waals surface area contributed by atoms with E-state index in [9.17, 15) is 18.3 Å². The second-order valence-electron chi connectivity index (χ2n) is 6.46. The number of rotatable bonds is 3. The summed E-state index contributed by atoms with van der Waals surface area (Å²) in [4.78, 5) is 16.3. The predicted octanol–water partition coefficient (Wildman–Crippen LogP) is 1.67. The maximum Gasteiger partial charge on any atom is 0.336 e. The molecule has 2 aromatic heterocycles. The lowest BCUT2D eigenvalue weighted by atomic mass is 10.1. The van der Waals surface area contributed by atoms with Crippen molar-refractivity contribution in [1.29, 1.82) is 0 Å². The highest BCUT2D eigenvalue weighted by atomic mass is 32.2. The fraction of sp³-hybridized carbons (Fsp3) is 0.533. The summed E-state index contributed by atoms with van der Waals surface area (Å²) < 4.78 is 25.2. The summed E-state index contributed by atoms with van der Waals surface area (Å²) in [5.41, 5.74) is 2.07. The minimum atomic E-state index is -3.05. The summed E-state index contributed by atoms with van der Waals surface area (Å²) in [5, 5.41) is 14.5. The number of fused-ring (bicyclic) bond motifs is 1. The molecule has 0 unspecified atom stereocenters. The summed E-state index contributed by atoms with van der Waals surface area (Å²) in [6, 6.07) is 1.38. The second-order valence-corrected chi connectivity index (χ2v) is 8.69.